The van der Waals surface area contributed by atoms with Gasteiger partial charge in [0.15, 0.2) is 11.9 Å². The van der Waals surface area contributed by atoms with Crippen molar-refractivity contribution in [1.29, 1.82) is 0 Å². The van der Waals surface area contributed by atoms with Crippen molar-refractivity contribution in [3.05, 3.63) is 0 Å². The lowest BCUT2D eigenvalue weighted by atomic mass is 9.68. The highest BCUT2D eigenvalue weighted by Crippen LogP contribution is 2.42. The van der Waals surface area contributed by atoms with Crippen molar-refractivity contribution in [2.24, 2.45) is 17.1 Å². The van der Waals surface area contributed by atoms with Crippen molar-refractivity contribution in [3.63, 3.8) is 0 Å². The zero-order valence-electron chi connectivity index (χ0n) is 17.9. The largest absolute Gasteiger partial charge is 0.490 e. The smallest absolute Gasteiger partial charge is 0.447 e. The van der Waals surface area contributed by atoms with E-state index in [4.69, 9.17) is 10.5 Å². The second kappa shape index (κ2) is 11.9. The van der Waals surface area contributed by atoms with Gasteiger partial charge in [-0.2, -0.15) is 13.2 Å². The Morgan fingerprint density at radius 2 is 1.76 bits per heavy atom. The Morgan fingerprint density at radius 3 is 2.34 bits per heavy atom. The topological polar surface area (TPSA) is 78.6 Å². The predicted octanol–water partition coefficient (Wildman–Crippen LogP) is 4.56. The van der Waals surface area contributed by atoms with Crippen LogP contribution < -0.4 is 5.73 Å². The van der Waals surface area contributed by atoms with Crippen LogP contribution in [0.4, 0.5) is 13.2 Å². The van der Waals surface area contributed by atoms with Gasteiger partial charge in [-0.15, -0.1) is 0 Å². The average Bonchev–Trinajstić information content (AvgIpc) is 2.64. The number of nitrogens with two attached hydrogens (primary N) is 1. The van der Waals surface area contributed by atoms with Crippen molar-refractivity contribution in [3.8, 4) is 0 Å². The van der Waals surface area contributed by atoms with E-state index in [0.717, 1.165) is 25.7 Å². The van der Waals surface area contributed by atoms with E-state index >= 15 is 0 Å². The van der Waals surface area contributed by atoms with Gasteiger partial charge in [-0.05, 0) is 31.1 Å². The third kappa shape index (κ3) is 9.03. The van der Waals surface area contributed by atoms with Crippen LogP contribution in [-0.4, -0.2) is 43.3 Å². The van der Waals surface area contributed by atoms with Gasteiger partial charge < -0.3 is 15.2 Å². The van der Waals surface area contributed by atoms with Crippen LogP contribution in [-0.2, 0) is 19.1 Å². The summed E-state index contributed by atoms with van der Waals surface area (Å²) in [7, 11) is 0. The van der Waals surface area contributed by atoms with Gasteiger partial charge in [0.2, 0.25) is 0 Å². The number of carbonyl (C=O) groups excluding carboxylic acids is 2. The van der Waals surface area contributed by atoms with E-state index in [0.29, 0.717) is 19.4 Å². The molecule has 0 radical (unpaired) electrons. The molecule has 1 saturated carbocycles. The molecule has 1 aliphatic carbocycles. The number of ketones is 1. The first-order valence-corrected chi connectivity index (χ1v) is 10.6. The second-order valence-electron chi connectivity index (χ2n) is 8.74. The lowest BCUT2D eigenvalue weighted by Gasteiger charge is -2.43. The van der Waals surface area contributed by atoms with Gasteiger partial charge in [0.25, 0.3) is 0 Å². The first-order valence-electron chi connectivity index (χ1n) is 10.6. The molecule has 0 heterocycles. The lowest BCUT2D eigenvalue weighted by molar-refractivity contribution is -0.211. The van der Waals surface area contributed by atoms with E-state index in [1.54, 1.807) is 0 Å². The number of carbonyl (C=O) groups is 2. The fourth-order valence-electron chi connectivity index (χ4n) is 3.93. The highest BCUT2D eigenvalue weighted by Gasteiger charge is 2.48. The summed E-state index contributed by atoms with van der Waals surface area (Å²) in [5, 5.41) is 0. The molecule has 8 heteroatoms. The molecule has 3 atom stereocenters. The van der Waals surface area contributed by atoms with E-state index in [1.807, 2.05) is 13.8 Å². The molecule has 0 spiro atoms. The number of ether oxygens (including phenoxy) is 2. The van der Waals surface area contributed by atoms with E-state index in [9.17, 15) is 22.8 Å². The summed E-state index contributed by atoms with van der Waals surface area (Å²) in [6, 6.07) is 0. The van der Waals surface area contributed by atoms with Gasteiger partial charge in [0.05, 0.1) is 12.6 Å². The number of unbranched alkanes of at least 4 members (excludes halogenated alkanes) is 5. The van der Waals surface area contributed by atoms with Crippen molar-refractivity contribution >= 4 is 11.8 Å². The van der Waals surface area contributed by atoms with Crippen LogP contribution in [0.2, 0.25) is 0 Å². The molecule has 0 amide bonds. The van der Waals surface area contributed by atoms with Gasteiger partial charge in [-0.25, -0.2) is 4.79 Å². The Balaban J connectivity index is 2.80. The normalized spacial score (nSPS) is 22.9. The van der Waals surface area contributed by atoms with E-state index in [-0.39, 0.29) is 5.41 Å². The van der Waals surface area contributed by atoms with Gasteiger partial charge in [-0.1, -0.05) is 52.9 Å². The molecule has 0 aromatic heterocycles. The van der Waals surface area contributed by atoms with E-state index < -0.39 is 42.6 Å². The minimum Gasteiger partial charge on any atom is -0.447 e. The first-order chi connectivity index (χ1) is 13.5. The summed E-state index contributed by atoms with van der Waals surface area (Å²) in [5.41, 5.74) is 5.20. The molecular weight excluding hydrogens is 387 g/mol. The molecule has 0 bridgehead atoms. The molecule has 170 valence electrons. The molecule has 0 aromatic carbocycles. The molecule has 5 nitrogen and oxygen atoms in total. The summed E-state index contributed by atoms with van der Waals surface area (Å²) in [6.45, 7) is 6.11. The third-order valence-electron chi connectivity index (χ3n) is 5.57. The fraction of sp³-hybridized carbons (Fsp3) is 0.905. The van der Waals surface area contributed by atoms with Gasteiger partial charge >= 0.3 is 12.1 Å². The summed E-state index contributed by atoms with van der Waals surface area (Å²) >= 11 is 0. The minimum atomic E-state index is -5.16. The van der Waals surface area contributed by atoms with Crippen LogP contribution in [0.1, 0.15) is 78.6 Å². The molecule has 0 aromatic rings. The van der Waals surface area contributed by atoms with Crippen LogP contribution in [0.5, 0.6) is 0 Å². The number of hydrogen-bond donors (Lipinski definition) is 1. The van der Waals surface area contributed by atoms with Crippen molar-refractivity contribution in [2.45, 2.75) is 96.9 Å². The van der Waals surface area contributed by atoms with E-state index in [1.165, 1.54) is 19.3 Å². The number of rotatable bonds is 12. The quantitative estimate of drug-likeness (QED) is 0.368. The Morgan fingerprint density at radius 1 is 1.14 bits per heavy atom. The summed E-state index contributed by atoms with van der Waals surface area (Å²) in [6.07, 6.45) is 1.27. The average molecular weight is 424 g/mol. The third-order valence-corrected chi connectivity index (χ3v) is 5.57. The Bertz CT molecular complexity index is 523. The highest BCUT2D eigenvalue weighted by molar-refractivity contribution is 5.88. The first kappa shape index (κ1) is 25.9. The van der Waals surface area contributed by atoms with Crippen LogP contribution in [0.25, 0.3) is 0 Å². The van der Waals surface area contributed by atoms with Gasteiger partial charge in [0.1, 0.15) is 0 Å². The number of halogens is 3. The molecule has 0 aliphatic heterocycles. The minimum absolute atomic E-state index is 0.192. The predicted molar refractivity (Wildman–Crippen MR) is 104 cm³/mol. The maximum absolute atomic E-state index is 12.7. The zero-order chi connectivity index (χ0) is 22.1. The maximum Gasteiger partial charge on any atom is 0.490 e. The Kier molecular flexibility index (Phi) is 10.6. The number of hydrogen-bond acceptors (Lipinski definition) is 5. The zero-order valence-corrected chi connectivity index (χ0v) is 17.9. The van der Waals surface area contributed by atoms with Crippen LogP contribution >= 0.6 is 0 Å². The lowest BCUT2D eigenvalue weighted by Crippen LogP contribution is -2.49. The molecule has 29 heavy (non-hydrogen) atoms. The molecule has 1 rings (SSSR count). The SMILES string of the molecule is CCCCCCCCO[C@@H]1CCC(C)(C)C[C@@H]1C(OC(=O)C(F)(F)F)C(=O)CN. The fourth-order valence-corrected chi connectivity index (χ4v) is 3.93. The van der Waals surface area contributed by atoms with Crippen LogP contribution in [0.15, 0.2) is 0 Å². The Labute approximate surface area is 171 Å². The molecule has 2 N–H and O–H groups in total. The standard InChI is InChI=1S/C21H36F3NO4/c1-4-5-6-7-8-9-12-28-17-10-11-20(2,3)13-15(17)18(16(26)14-25)29-19(27)21(22,23)24/h15,17-18H,4-14,25H2,1-3H3/t15-,17+,18?/m0/s1. The summed E-state index contributed by atoms with van der Waals surface area (Å²) in [5.74, 6) is -3.71. The highest BCUT2D eigenvalue weighted by atomic mass is 19.4. The van der Waals surface area contributed by atoms with Crippen molar-refractivity contribution in [1.82, 2.24) is 0 Å². The van der Waals surface area contributed by atoms with Crippen LogP contribution in [0.3, 0.4) is 0 Å². The number of alkyl halides is 3. The van der Waals surface area contributed by atoms with Crippen LogP contribution in [0, 0.1) is 11.3 Å². The van der Waals surface area contributed by atoms with Crippen molar-refractivity contribution in [2.75, 3.05) is 13.2 Å². The maximum atomic E-state index is 12.7. The van der Waals surface area contributed by atoms with E-state index in [2.05, 4.69) is 11.7 Å². The van der Waals surface area contributed by atoms with Crippen molar-refractivity contribution < 1.29 is 32.2 Å². The molecule has 1 unspecified atom stereocenters. The van der Waals surface area contributed by atoms with Gasteiger partial charge in [-0.3, -0.25) is 4.79 Å². The molecule has 1 aliphatic rings. The monoisotopic (exact) mass is 423 g/mol. The molecule has 1 fully saturated rings. The Hall–Kier alpha value is -1.15. The number of Topliss-reactive ketones (excluding diaryl/α,β-unsaturated/α-hetero) is 1. The number of esters is 1. The summed E-state index contributed by atoms with van der Waals surface area (Å²) in [4.78, 5) is 23.7. The second-order valence-corrected chi connectivity index (χ2v) is 8.74. The van der Waals surface area contributed by atoms with Gasteiger partial charge in [0, 0.05) is 12.5 Å². The molecular formula is C21H36F3NO4. The summed E-state index contributed by atoms with van der Waals surface area (Å²) < 4.78 is 48.8. The molecule has 0 saturated heterocycles.